The van der Waals surface area contributed by atoms with Crippen molar-refractivity contribution in [3.63, 3.8) is 0 Å². The first-order valence-corrected chi connectivity index (χ1v) is 14.9. The van der Waals surface area contributed by atoms with E-state index >= 15 is 0 Å². The summed E-state index contributed by atoms with van der Waals surface area (Å²) < 4.78 is 28.4. The average Bonchev–Trinajstić information content (AvgIpc) is 3.03. The van der Waals surface area contributed by atoms with Gasteiger partial charge in [0.25, 0.3) is 10.0 Å². The second kappa shape index (κ2) is 7.68. The maximum absolute atomic E-state index is 13.4. The Morgan fingerprint density at radius 3 is 2.21 bits per heavy atom. The molecule has 0 unspecified atom stereocenters. The van der Waals surface area contributed by atoms with Crippen LogP contribution in [0.4, 0.5) is 5.69 Å². The molecular formula is C28H37N3O2S. The van der Waals surface area contributed by atoms with Crippen LogP contribution >= 0.6 is 0 Å². The zero-order valence-electron chi connectivity index (χ0n) is 20.0. The molecule has 0 spiro atoms. The second-order valence-electron chi connectivity index (χ2n) is 12.3. The van der Waals surface area contributed by atoms with Crippen LogP contribution in [0.2, 0.25) is 0 Å². The smallest absolute Gasteiger partial charge is 0.265 e. The SMILES string of the molecule is N[C@@H](CN1CCC(CN2c3cccc4cccc(c34)S2(=O)=O)CC1)C12CC3CC(CC(C3)C1)C2. The summed E-state index contributed by atoms with van der Waals surface area (Å²) in [5, 5.41) is 1.90. The van der Waals surface area contributed by atoms with Gasteiger partial charge in [0, 0.05) is 24.5 Å². The van der Waals surface area contributed by atoms with Gasteiger partial charge in [-0.3, -0.25) is 4.31 Å². The molecule has 1 atom stereocenters. The van der Waals surface area contributed by atoms with Crippen molar-refractivity contribution < 1.29 is 8.42 Å². The predicted molar refractivity (Wildman–Crippen MR) is 136 cm³/mol. The number of benzene rings is 2. The average molecular weight is 480 g/mol. The maximum Gasteiger partial charge on any atom is 0.265 e. The molecule has 5 nitrogen and oxygen atoms in total. The first kappa shape index (κ1) is 21.6. The number of hydrogen-bond donors (Lipinski definition) is 1. The summed E-state index contributed by atoms with van der Waals surface area (Å²) >= 11 is 0. The van der Waals surface area contributed by atoms with E-state index in [1.165, 1.54) is 38.5 Å². The summed E-state index contributed by atoms with van der Waals surface area (Å²) in [5.74, 6) is 3.23. The third-order valence-corrected chi connectivity index (χ3v) is 12.0. The summed E-state index contributed by atoms with van der Waals surface area (Å²) in [6.45, 7) is 3.68. The summed E-state index contributed by atoms with van der Waals surface area (Å²) in [7, 11) is -3.46. The minimum absolute atomic E-state index is 0.295. The molecule has 0 radical (unpaired) electrons. The molecule has 34 heavy (non-hydrogen) atoms. The quantitative estimate of drug-likeness (QED) is 0.680. The fourth-order valence-electron chi connectivity index (χ4n) is 8.84. The Labute approximate surface area is 203 Å². The number of sulfonamides is 1. The molecule has 182 valence electrons. The number of anilines is 1. The van der Waals surface area contributed by atoms with Gasteiger partial charge >= 0.3 is 0 Å². The first-order chi connectivity index (χ1) is 16.4. The molecule has 4 aliphatic carbocycles. The molecule has 6 aliphatic rings. The molecule has 4 bridgehead atoms. The summed E-state index contributed by atoms with van der Waals surface area (Å²) in [4.78, 5) is 3.05. The highest BCUT2D eigenvalue weighted by molar-refractivity contribution is 7.93. The topological polar surface area (TPSA) is 66.6 Å². The van der Waals surface area contributed by atoms with Crippen molar-refractivity contribution in [2.75, 3.05) is 30.5 Å². The highest BCUT2D eigenvalue weighted by atomic mass is 32.2. The Bertz CT molecular complexity index is 1180. The Kier molecular flexibility index (Phi) is 4.89. The third kappa shape index (κ3) is 3.28. The van der Waals surface area contributed by atoms with Crippen LogP contribution in [-0.2, 0) is 10.0 Å². The lowest BCUT2D eigenvalue weighted by molar-refractivity contribution is -0.0724. The van der Waals surface area contributed by atoms with Gasteiger partial charge in [-0.2, -0.15) is 0 Å². The van der Waals surface area contributed by atoms with E-state index in [0.29, 0.717) is 28.8 Å². The van der Waals surface area contributed by atoms with Gasteiger partial charge in [0.05, 0.1) is 10.6 Å². The molecular weight excluding hydrogens is 442 g/mol. The lowest BCUT2D eigenvalue weighted by Crippen LogP contribution is -2.58. The van der Waals surface area contributed by atoms with Crippen molar-refractivity contribution in [3.05, 3.63) is 36.4 Å². The van der Waals surface area contributed by atoms with E-state index in [1.54, 1.807) is 10.4 Å². The van der Waals surface area contributed by atoms with Crippen LogP contribution < -0.4 is 10.0 Å². The number of nitrogens with zero attached hydrogens (tertiary/aromatic N) is 2. The molecule has 0 amide bonds. The minimum atomic E-state index is -3.46. The minimum Gasteiger partial charge on any atom is -0.326 e. The van der Waals surface area contributed by atoms with Crippen LogP contribution in [0.5, 0.6) is 0 Å². The normalized spacial score (nSPS) is 35.3. The van der Waals surface area contributed by atoms with Gasteiger partial charge in [0.1, 0.15) is 0 Å². The van der Waals surface area contributed by atoms with Crippen LogP contribution in [0.25, 0.3) is 10.8 Å². The third-order valence-electron chi connectivity index (χ3n) is 10.1. The van der Waals surface area contributed by atoms with Crippen molar-refractivity contribution in [2.45, 2.75) is 62.3 Å². The number of nitrogens with two attached hydrogens (primary N) is 1. The molecule has 6 heteroatoms. The molecule has 2 aromatic carbocycles. The molecule has 2 N–H and O–H groups in total. The van der Waals surface area contributed by atoms with Gasteiger partial charge in [-0.1, -0.05) is 24.3 Å². The van der Waals surface area contributed by atoms with E-state index in [0.717, 1.165) is 66.7 Å². The fraction of sp³-hybridized carbons (Fsp3) is 0.643. The van der Waals surface area contributed by atoms with Crippen LogP contribution in [0.3, 0.4) is 0 Å². The van der Waals surface area contributed by atoms with E-state index in [9.17, 15) is 8.42 Å². The summed E-state index contributed by atoms with van der Waals surface area (Å²) in [5.41, 5.74) is 8.23. The summed E-state index contributed by atoms with van der Waals surface area (Å²) in [6, 6.07) is 11.9. The van der Waals surface area contributed by atoms with E-state index in [-0.39, 0.29) is 0 Å². The molecule has 2 heterocycles. The van der Waals surface area contributed by atoms with Crippen LogP contribution in [0.15, 0.2) is 41.3 Å². The van der Waals surface area contributed by atoms with E-state index < -0.39 is 10.0 Å². The molecule has 1 saturated heterocycles. The lowest BCUT2D eigenvalue weighted by Gasteiger charge is -2.59. The van der Waals surface area contributed by atoms with E-state index in [1.807, 2.05) is 30.3 Å². The van der Waals surface area contributed by atoms with Gasteiger partial charge in [-0.25, -0.2) is 8.42 Å². The van der Waals surface area contributed by atoms with E-state index in [2.05, 4.69) is 4.90 Å². The van der Waals surface area contributed by atoms with Gasteiger partial charge in [0.15, 0.2) is 0 Å². The van der Waals surface area contributed by atoms with E-state index in [4.69, 9.17) is 5.73 Å². The first-order valence-electron chi connectivity index (χ1n) is 13.4. The van der Waals surface area contributed by atoms with Gasteiger partial charge in [-0.15, -0.1) is 0 Å². The number of hydrogen-bond acceptors (Lipinski definition) is 4. The Hall–Kier alpha value is -1.63. The van der Waals surface area contributed by atoms with Crippen LogP contribution in [0.1, 0.15) is 51.4 Å². The molecule has 8 rings (SSSR count). The van der Waals surface area contributed by atoms with Gasteiger partial charge < -0.3 is 10.6 Å². The monoisotopic (exact) mass is 479 g/mol. The summed E-state index contributed by atoms with van der Waals surface area (Å²) in [6.07, 6.45) is 10.6. The number of piperidine rings is 1. The standard InChI is InChI=1S/C28H37N3O2S/c29-26(28-14-20-11-21(15-28)13-22(12-20)16-28)18-30-9-7-19(8-10-30)17-31-24-5-1-3-23-4-2-6-25(27(23)24)34(31,32)33/h1-6,19-22,26H,7-18,29H2/t20?,21?,22?,26-,28?/m0/s1. The van der Waals surface area contributed by atoms with Crippen LogP contribution in [-0.4, -0.2) is 45.5 Å². The van der Waals surface area contributed by atoms with Gasteiger partial charge in [-0.05, 0) is 111 Å². The molecule has 4 saturated carbocycles. The van der Waals surface area contributed by atoms with Crippen molar-refractivity contribution >= 4 is 26.5 Å². The largest absolute Gasteiger partial charge is 0.326 e. The van der Waals surface area contributed by atoms with Crippen molar-refractivity contribution in [3.8, 4) is 0 Å². The molecule has 5 fully saturated rings. The fourth-order valence-corrected chi connectivity index (χ4v) is 10.6. The molecule has 2 aromatic rings. The Balaban J connectivity index is 1.01. The molecule has 2 aliphatic heterocycles. The van der Waals surface area contributed by atoms with Gasteiger partial charge in [0.2, 0.25) is 0 Å². The van der Waals surface area contributed by atoms with Crippen LogP contribution in [0, 0.1) is 29.1 Å². The zero-order chi connectivity index (χ0) is 23.1. The zero-order valence-corrected chi connectivity index (χ0v) is 20.8. The van der Waals surface area contributed by atoms with Crippen molar-refractivity contribution in [1.29, 1.82) is 0 Å². The maximum atomic E-state index is 13.4. The highest BCUT2D eigenvalue weighted by Gasteiger charge is 2.53. The highest BCUT2D eigenvalue weighted by Crippen LogP contribution is 2.61. The predicted octanol–water partition coefficient (Wildman–Crippen LogP) is 4.60. The second-order valence-corrected chi connectivity index (χ2v) is 14.1. The van der Waals surface area contributed by atoms with Crippen molar-refractivity contribution in [2.24, 2.45) is 34.8 Å². The molecule has 0 aromatic heterocycles. The van der Waals surface area contributed by atoms with Crippen molar-refractivity contribution in [1.82, 2.24) is 4.90 Å². The number of likely N-dealkylation sites (tertiary alicyclic amines) is 1. The Morgan fingerprint density at radius 1 is 0.941 bits per heavy atom. The Morgan fingerprint density at radius 2 is 1.56 bits per heavy atom. The number of rotatable bonds is 5. The lowest BCUT2D eigenvalue weighted by atomic mass is 9.48.